The Morgan fingerprint density at radius 3 is 3.00 bits per heavy atom. The molecule has 3 aliphatic rings. The zero-order valence-electron chi connectivity index (χ0n) is 18.2. The molecule has 4 rings (SSSR count). The molecule has 30 heavy (non-hydrogen) atoms. The molecule has 0 bridgehead atoms. The first kappa shape index (κ1) is 21.9. The number of ether oxygens (including phenoxy) is 2. The number of morpholine rings is 1. The highest BCUT2D eigenvalue weighted by Crippen LogP contribution is 2.34. The van der Waals surface area contributed by atoms with Gasteiger partial charge in [-0.15, -0.1) is 0 Å². The van der Waals surface area contributed by atoms with E-state index in [9.17, 15) is 0 Å². The van der Waals surface area contributed by atoms with Crippen molar-refractivity contribution in [3.8, 4) is 0 Å². The molecule has 3 aliphatic heterocycles. The van der Waals surface area contributed by atoms with Crippen LogP contribution < -0.4 is 10.6 Å². The maximum atomic E-state index is 5.58. The largest absolute Gasteiger partial charge is 0.379 e. The molecule has 0 aliphatic carbocycles. The number of nitrogens with one attached hydrogen (secondary N) is 2. The molecule has 0 radical (unpaired) electrons. The van der Waals surface area contributed by atoms with Crippen molar-refractivity contribution >= 4 is 17.7 Å². The Kier molecular flexibility index (Phi) is 7.50. The first-order valence-corrected chi connectivity index (χ1v) is 12.2. The van der Waals surface area contributed by atoms with Gasteiger partial charge in [-0.25, -0.2) is 9.67 Å². The fourth-order valence-electron chi connectivity index (χ4n) is 4.52. The number of aryl methyl sites for hydroxylation is 1. The van der Waals surface area contributed by atoms with E-state index in [1.807, 2.05) is 4.68 Å². The predicted molar refractivity (Wildman–Crippen MR) is 119 cm³/mol. The summed E-state index contributed by atoms with van der Waals surface area (Å²) in [6, 6.07) is 0.296. The summed E-state index contributed by atoms with van der Waals surface area (Å²) < 4.78 is 12.8. The molecule has 2 unspecified atom stereocenters. The van der Waals surface area contributed by atoms with Crippen LogP contribution in [-0.4, -0.2) is 95.2 Å². The molecule has 9 nitrogen and oxygen atoms in total. The molecule has 168 valence electrons. The lowest BCUT2D eigenvalue weighted by Crippen LogP contribution is -2.56. The summed E-state index contributed by atoms with van der Waals surface area (Å²) in [6.45, 7) is 8.77. The minimum Gasteiger partial charge on any atom is -0.379 e. The number of methoxy groups -OCH3 is 1. The summed E-state index contributed by atoms with van der Waals surface area (Å²) in [6.07, 6.45) is 3.15. The van der Waals surface area contributed by atoms with Crippen LogP contribution in [0, 0.1) is 0 Å². The summed E-state index contributed by atoms with van der Waals surface area (Å²) >= 11 is 2.05. The van der Waals surface area contributed by atoms with Crippen LogP contribution in [0.15, 0.2) is 4.99 Å². The molecule has 2 fully saturated rings. The number of aromatic nitrogens is 3. The second-order valence-corrected chi connectivity index (χ2v) is 9.37. The average Bonchev–Trinajstić information content (AvgIpc) is 3.40. The Hall–Kier alpha value is -1.36. The third-order valence-electron chi connectivity index (χ3n) is 6.16. The van der Waals surface area contributed by atoms with Gasteiger partial charge in [-0.1, -0.05) is 0 Å². The van der Waals surface area contributed by atoms with Crippen molar-refractivity contribution in [3.63, 3.8) is 0 Å². The van der Waals surface area contributed by atoms with Gasteiger partial charge in [0.05, 0.1) is 31.8 Å². The summed E-state index contributed by atoms with van der Waals surface area (Å²) in [5, 5.41) is 11.7. The van der Waals surface area contributed by atoms with Crippen LogP contribution >= 0.6 is 11.8 Å². The smallest absolute Gasteiger partial charge is 0.191 e. The summed E-state index contributed by atoms with van der Waals surface area (Å²) in [5.41, 5.74) is 0.164. The zero-order chi connectivity index (χ0) is 20.8. The number of aliphatic imine (C=N–C) groups is 1. The summed E-state index contributed by atoms with van der Waals surface area (Å²) in [7, 11) is 1.68. The van der Waals surface area contributed by atoms with Gasteiger partial charge in [0.25, 0.3) is 0 Å². The van der Waals surface area contributed by atoms with Gasteiger partial charge in [0, 0.05) is 45.0 Å². The van der Waals surface area contributed by atoms with Crippen molar-refractivity contribution in [1.29, 1.82) is 0 Å². The molecule has 10 heteroatoms. The topological polar surface area (TPSA) is 88.8 Å². The number of thioether (sulfide) groups is 1. The van der Waals surface area contributed by atoms with E-state index in [1.165, 1.54) is 12.2 Å². The minimum atomic E-state index is 0.164. The normalized spacial score (nSPS) is 27.8. The maximum Gasteiger partial charge on any atom is 0.191 e. The Bertz CT molecular complexity index is 714. The lowest BCUT2D eigenvalue weighted by atomic mass is 9.96. The zero-order valence-corrected chi connectivity index (χ0v) is 19.0. The van der Waals surface area contributed by atoms with Gasteiger partial charge >= 0.3 is 0 Å². The number of rotatable bonds is 7. The molecule has 0 saturated carbocycles. The monoisotopic (exact) mass is 437 g/mol. The molecular weight excluding hydrogens is 402 g/mol. The molecular formula is C20H35N7O2S. The molecule has 2 N–H and O–H groups in total. The maximum absolute atomic E-state index is 5.58. The highest BCUT2D eigenvalue weighted by Gasteiger charge is 2.40. The third-order valence-corrected chi connectivity index (χ3v) is 7.39. The van der Waals surface area contributed by atoms with Gasteiger partial charge in [0.15, 0.2) is 11.8 Å². The van der Waals surface area contributed by atoms with Crippen LogP contribution in [0.1, 0.15) is 31.4 Å². The van der Waals surface area contributed by atoms with E-state index in [-0.39, 0.29) is 5.54 Å². The molecule has 0 spiro atoms. The van der Waals surface area contributed by atoms with E-state index < -0.39 is 0 Å². The summed E-state index contributed by atoms with van der Waals surface area (Å²) in [4.78, 5) is 12.3. The van der Waals surface area contributed by atoms with Gasteiger partial charge in [-0.05, 0) is 25.5 Å². The van der Waals surface area contributed by atoms with Crippen LogP contribution in [0.3, 0.4) is 0 Å². The van der Waals surface area contributed by atoms with Gasteiger partial charge in [-0.3, -0.25) is 9.89 Å². The Morgan fingerprint density at radius 2 is 2.27 bits per heavy atom. The fourth-order valence-corrected chi connectivity index (χ4v) is 5.98. The minimum absolute atomic E-state index is 0.164. The van der Waals surface area contributed by atoms with Crippen molar-refractivity contribution in [2.45, 2.75) is 50.9 Å². The molecule has 0 amide bonds. The van der Waals surface area contributed by atoms with Crippen molar-refractivity contribution in [2.24, 2.45) is 4.99 Å². The van der Waals surface area contributed by atoms with E-state index in [0.717, 1.165) is 82.1 Å². The standard InChI is InChI=1S/C20H35N7O2S/c1-3-21-19(22-14-20(6-11-30-15-20)26-7-9-29-10-8-26)23-16-4-5-18-24-17(13-28-2)25-27(18)12-16/h16H,3-15H2,1-2H3,(H2,21,22,23). The van der Waals surface area contributed by atoms with Crippen LogP contribution in [0.2, 0.25) is 0 Å². The molecule has 1 aromatic rings. The van der Waals surface area contributed by atoms with Crippen molar-refractivity contribution in [2.75, 3.05) is 58.0 Å². The first-order valence-electron chi connectivity index (χ1n) is 11.1. The first-order chi connectivity index (χ1) is 14.7. The average molecular weight is 438 g/mol. The van der Waals surface area contributed by atoms with Crippen molar-refractivity contribution < 1.29 is 9.47 Å². The molecule has 2 atom stereocenters. The number of fused-ring (bicyclic) bond motifs is 1. The van der Waals surface area contributed by atoms with E-state index in [0.29, 0.717) is 12.6 Å². The predicted octanol–water partition coefficient (Wildman–Crippen LogP) is 0.502. The van der Waals surface area contributed by atoms with Gasteiger partial charge in [0.2, 0.25) is 0 Å². The molecule has 1 aromatic heterocycles. The van der Waals surface area contributed by atoms with E-state index in [2.05, 4.69) is 44.3 Å². The fraction of sp³-hybridized carbons (Fsp3) is 0.850. The Labute approximate surface area is 183 Å². The second kappa shape index (κ2) is 10.3. The SMILES string of the molecule is CCNC(=NCC1(N2CCOCC2)CCSC1)NC1CCc2nc(COC)nn2C1. The van der Waals surface area contributed by atoms with Crippen LogP contribution in [-0.2, 0) is 29.0 Å². The van der Waals surface area contributed by atoms with E-state index in [1.54, 1.807) is 7.11 Å². The van der Waals surface area contributed by atoms with Crippen LogP contribution in [0.25, 0.3) is 0 Å². The van der Waals surface area contributed by atoms with Crippen LogP contribution in [0.5, 0.6) is 0 Å². The quantitative estimate of drug-likeness (QED) is 0.471. The van der Waals surface area contributed by atoms with Crippen molar-refractivity contribution in [3.05, 3.63) is 11.6 Å². The lowest BCUT2D eigenvalue weighted by molar-refractivity contribution is -0.0104. The summed E-state index contributed by atoms with van der Waals surface area (Å²) in [5.74, 6) is 5.10. The van der Waals surface area contributed by atoms with Crippen LogP contribution in [0.4, 0.5) is 0 Å². The number of hydrogen-bond donors (Lipinski definition) is 2. The third kappa shape index (κ3) is 5.09. The van der Waals surface area contributed by atoms with E-state index >= 15 is 0 Å². The lowest BCUT2D eigenvalue weighted by Gasteiger charge is -2.42. The van der Waals surface area contributed by atoms with Gasteiger partial charge in [-0.2, -0.15) is 16.9 Å². The second-order valence-electron chi connectivity index (χ2n) is 8.26. The Morgan fingerprint density at radius 1 is 1.40 bits per heavy atom. The van der Waals surface area contributed by atoms with Crippen molar-refractivity contribution in [1.82, 2.24) is 30.3 Å². The number of hydrogen-bond acceptors (Lipinski definition) is 7. The highest BCUT2D eigenvalue weighted by molar-refractivity contribution is 7.99. The molecule has 0 aromatic carbocycles. The number of guanidine groups is 1. The van der Waals surface area contributed by atoms with Gasteiger partial charge < -0.3 is 20.1 Å². The van der Waals surface area contributed by atoms with Gasteiger partial charge in [0.1, 0.15) is 12.4 Å². The molecule has 4 heterocycles. The Balaban J connectivity index is 1.41. The highest BCUT2D eigenvalue weighted by atomic mass is 32.2. The van der Waals surface area contributed by atoms with E-state index in [4.69, 9.17) is 14.5 Å². The molecule has 2 saturated heterocycles. The number of nitrogens with zero attached hydrogens (tertiary/aromatic N) is 5.